The van der Waals surface area contributed by atoms with Crippen molar-refractivity contribution >= 4 is 8.80 Å². The number of hydrogen-bond acceptors (Lipinski definition) is 1. The van der Waals surface area contributed by atoms with Gasteiger partial charge in [0, 0.05) is 8.80 Å². The summed E-state index contributed by atoms with van der Waals surface area (Å²) in [6.07, 6.45) is 11.4. The third-order valence-electron chi connectivity index (χ3n) is 7.37. The maximum Gasteiger partial charge on any atom is 0.387 e. The molecule has 0 radical (unpaired) electrons. The van der Waals surface area contributed by atoms with Crippen LogP contribution in [0.4, 0.5) is 17.6 Å². The first kappa shape index (κ1) is 22.6. The van der Waals surface area contributed by atoms with Crippen LogP contribution < -0.4 is 4.74 Å². The molecule has 1 aromatic carbocycles. The smallest absolute Gasteiger partial charge is 0.387 e. The molecule has 2 aliphatic rings. The molecule has 0 amide bonds. The van der Waals surface area contributed by atoms with Gasteiger partial charge in [0.05, 0.1) is 0 Å². The van der Waals surface area contributed by atoms with E-state index in [1.807, 2.05) is 0 Å². The summed E-state index contributed by atoms with van der Waals surface area (Å²) in [5.74, 6) is -2.53. The van der Waals surface area contributed by atoms with Crippen LogP contribution in [-0.2, 0) is 5.41 Å². The molecule has 1 saturated carbocycles. The van der Waals surface area contributed by atoms with Crippen molar-refractivity contribution in [2.75, 3.05) is 0 Å². The van der Waals surface area contributed by atoms with Gasteiger partial charge in [0.25, 0.3) is 0 Å². The van der Waals surface area contributed by atoms with Crippen molar-refractivity contribution in [1.29, 1.82) is 0 Å². The van der Waals surface area contributed by atoms with Crippen molar-refractivity contribution in [3.05, 3.63) is 29.3 Å². The highest BCUT2D eigenvalue weighted by molar-refractivity contribution is 6.58. The first-order chi connectivity index (χ1) is 14.0. The monoisotopic (exact) mass is 430 g/mol. The fourth-order valence-electron chi connectivity index (χ4n) is 5.85. The molecule has 6 heteroatoms. The topological polar surface area (TPSA) is 9.23 Å². The van der Waals surface area contributed by atoms with Crippen molar-refractivity contribution < 1.29 is 22.3 Å². The highest BCUT2D eigenvalue weighted by Gasteiger charge is 2.43. The summed E-state index contributed by atoms with van der Waals surface area (Å²) in [7, 11) is -0.671. The van der Waals surface area contributed by atoms with E-state index in [0.29, 0.717) is 11.5 Å². The predicted octanol–water partition coefficient (Wildman–Crippen LogP) is 7.60. The van der Waals surface area contributed by atoms with Crippen molar-refractivity contribution in [3.8, 4) is 5.75 Å². The number of halogens is 4. The van der Waals surface area contributed by atoms with Crippen LogP contribution in [0.2, 0.25) is 18.1 Å². The summed E-state index contributed by atoms with van der Waals surface area (Å²) in [4.78, 5) is 0. The van der Waals surface area contributed by atoms with Gasteiger partial charge in [-0.15, -0.1) is 0 Å². The van der Waals surface area contributed by atoms with Crippen LogP contribution >= 0.6 is 0 Å². The van der Waals surface area contributed by atoms with Gasteiger partial charge in [0.15, 0.2) is 17.4 Å². The van der Waals surface area contributed by atoms with E-state index in [2.05, 4.69) is 11.7 Å². The van der Waals surface area contributed by atoms with E-state index in [-0.39, 0.29) is 5.41 Å². The summed E-state index contributed by atoms with van der Waals surface area (Å²) < 4.78 is 58.1. The molecule has 0 unspecified atom stereocenters. The third kappa shape index (κ3) is 5.36. The van der Waals surface area contributed by atoms with Gasteiger partial charge >= 0.3 is 6.61 Å². The fraction of sp³-hybridized carbons (Fsp3) is 0.739. The lowest BCUT2D eigenvalue weighted by molar-refractivity contribution is -0.0547. The van der Waals surface area contributed by atoms with Crippen molar-refractivity contribution in [3.63, 3.8) is 0 Å². The van der Waals surface area contributed by atoms with Crippen molar-refractivity contribution in [1.82, 2.24) is 0 Å². The maximum absolute atomic E-state index is 14.5. The Bertz CT molecular complexity index is 629. The molecule has 0 spiro atoms. The molecule has 1 saturated heterocycles. The number of ether oxygens (including phenoxy) is 1. The van der Waals surface area contributed by atoms with Gasteiger partial charge in [-0.1, -0.05) is 76.4 Å². The molecule has 1 nitrogen and oxygen atoms in total. The quantitative estimate of drug-likeness (QED) is 0.234. The van der Waals surface area contributed by atoms with Crippen LogP contribution in [0, 0.1) is 17.6 Å². The third-order valence-corrected chi connectivity index (χ3v) is 10.9. The summed E-state index contributed by atoms with van der Waals surface area (Å²) >= 11 is 0. The molecule has 29 heavy (non-hydrogen) atoms. The van der Waals surface area contributed by atoms with Crippen LogP contribution in [-0.4, -0.2) is 15.4 Å². The number of alkyl halides is 2. The Morgan fingerprint density at radius 2 is 1.66 bits per heavy atom. The number of benzene rings is 1. The summed E-state index contributed by atoms with van der Waals surface area (Å²) in [5, 5.41) is 0. The van der Waals surface area contributed by atoms with Crippen molar-refractivity contribution in [2.45, 2.75) is 101 Å². The highest BCUT2D eigenvalue weighted by atomic mass is 28.3. The van der Waals surface area contributed by atoms with Gasteiger partial charge in [-0.2, -0.15) is 8.78 Å². The van der Waals surface area contributed by atoms with E-state index < -0.39 is 32.8 Å². The van der Waals surface area contributed by atoms with Gasteiger partial charge in [0.2, 0.25) is 0 Å². The molecule has 1 aliphatic heterocycles. The summed E-state index contributed by atoms with van der Waals surface area (Å²) in [5.41, 5.74) is 0.441. The standard InChI is InChI=1S/C23H34F4OSi/c1-2-3-7-12-29-13-8-17(9-14-29)23(10-5-4-6-11-23)18-15-19(24)21(20(25)16-18)28-22(26)27/h15-17,22,29H,2-14H2,1H3. The van der Waals surface area contributed by atoms with Crippen LogP contribution in [0.25, 0.3) is 0 Å². The largest absolute Gasteiger partial charge is 0.429 e. The predicted molar refractivity (Wildman–Crippen MR) is 112 cm³/mol. The van der Waals surface area contributed by atoms with Crippen molar-refractivity contribution in [2.24, 2.45) is 5.92 Å². The van der Waals surface area contributed by atoms with E-state index in [9.17, 15) is 17.6 Å². The minimum Gasteiger partial charge on any atom is -0.429 e. The van der Waals surface area contributed by atoms with E-state index in [1.54, 1.807) is 0 Å². The van der Waals surface area contributed by atoms with E-state index >= 15 is 0 Å². The first-order valence-corrected chi connectivity index (χ1v) is 13.9. The average Bonchev–Trinajstić information content (AvgIpc) is 2.71. The Labute approximate surface area is 173 Å². The molecule has 0 aromatic heterocycles. The molecular weight excluding hydrogens is 396 g/mol. The molecule has 1 heterocycles. The second-order valence-corrected chi connectivity index (χ2v) is 12.5. The van der Waals surface area contributed by atoms with Gasteiger partial charge in [-0.3, -0.25) is 0 Å². The lowest BCUT2D eigenvalue weighted by atomic mass is 9.60. The Kier molecular flexibility index (Phi) is 8.05. The zero-order valence-electron chi connectivity index (χ0n) is 17.5. The number of unbranched alkanes of at least 4 members (excludes halogenated alkanes) is 2. The lowest BCUT2D eigenvalue weighted by Crippen LogP contribution is -2.40. The van der Waals surface area contributed by atoms with Gasteiger partial charge in [-0.05, 0) is 41.9 Å². The minimum atomic E-state index is -3.23. The maximum atomic E-state index is 14.5. The average molecular weight is 431 g/mol. The van der Waals surface area contributed by atoms with Crippen LogP contribution in [0.3, 0.4) is 0 Å². The van der Waals surface area contributed by atoms with Crippen LogP contribution in [0.15, 0.2) is 12.1 Å². The minimum absolute atomic E-state index is 0.216. The Hall–Kier alpha value is -1.04. The van der Waals surface area contributed by atoms with E-state index in [0.717, 1.165) is 44.9 Å². The lowest BCUT2D eigenvalue weighted by Gasteiger charge is -2.47. The Morgan fingerprint density at radius 3 is 2.21 bits per heavy atom. The molecule has 2 fully saturated rings. The number of hydrogen-bond donors (Lipinski definition) is 0. The summed E-state index contributed by atoms with van der Waals surface area (Å²) in [6, 6.07) is 6.63. The van der Waals surface area contributed by atoms with Crippen LogP contribution in [0.5, 0.6) is 5.75 Å². The molecular formula is C23H34F4OSi. The molecule has 3 rings (SSSR count). The number of rotatable bonds is 8. The zero-order chi connectivity index (χ0) is 20.9. The fourth-order valence-corrected chi connectivity index (χ4v) is 9.33. The molecule has 1 aromatic rings. The zero-order valence-corrected chi connectivity index (χ0v) is 18.7. The Morgan fingerprint density at radius 1 is 1.03 bits per heavy atom. The molecule has 0 bridgehead atoms. The normalized spacial score (nSPS) is 24.6. The van der Waals surface area contributed by atoms with Gasteiger partial charge in [0.1, 0.15) is 0 Å². The molecule has 0 N–H and O–H groups in total. The van der Waals surface area contributed by atoms with Crippen LogP contribution in [0.1, 0.15) is 76.7 Å². The van der Waals surface area contributed by atoms with Gasteiger partial charge in [-0.25, -0.2) is 8.78 Å². The Balaban J connectivity index is 1.79. The van der Waals surface area contributed by atoms with Gasteiger partial charge < -0.3 is 4.74 Å². The summed E-state index contributed by atoms with van der Waals surface area (Å²) in [6.45, 7) is -0.998. The highest BCUT2D eigenvalue weighted by Crippen LogP contribution is 2.51. The molecule has 1 aliphatic carbocycles. The van der Waals surface area contributed by atoms with E-state index in [4.69, 9.17) is 0 Å². The second-order valence-electron chi connectivity index (χ2n) is 9.08. The second kappa shape index (κ2) is 10.3. The molecule has 0 atom stereocenters. The molecule has 164 valence electrons. The SMILES string of the molecule is CCCCC[SiH]1CCC(C2(c3cc(F)c(OC(F)F)c(F)c3)CCCCC2)CC1. The van der Waals surface area contributed by atoms with E-state index in [1.165, 1.54) is 49.5 Å². The first-order valence-electron chi connectivity index (χ1n) is 11.4.